The minimum absolute atomic E-state index is 0.0313. The van der Waals surface area contributed by atoms with E-state index in [0.717, 1.165) is 19.4 Å². The van der Waals surface area contributed by atoms with Gasteiger partial charge in [0.2, 0.25) is 0 Å². The van der Waals surface area contributed by atoms with E-state index in [9.17, 15) is 5.11 Å². The van der Waals surface area contributed by atoms with Crippen molar-refractivity contribution >= 4 is 0 Å². The standard InChI is InChI=1S/C16H22O2/c1-12-2-4-13(5-3-12)10-16(11-17)8-9-18-15(16)14-6-7-14/h2-5,14-15,17H,6-11H2,1H3. The fourth-order valence-electron chi connectivity index (χ4n) is 3.27. The van der Waals surface area contributed by atoms with Crippen LogP contribution in [0.25, 0.3) is 0 Å². The summed E-state index contributed by atoms with van der Waals surface area (Å²) in [6, 6.07) is 8.69. The van der Waals surface area contributed by atoms with Crippen LogP contribution in [-0.2, 0) is 11.2 Å². The van der Waals surface area contributed by atoms with Crippen molar-refractivity contribution in [3.8, 4) is 0 Å². The van der Waals surface area contributed by atoms with Crippen LogP contribution in [0.4, 0.5) is 0 Å². The van der Waals surface area contributed by atoms with Crippen molar-refractivity contribution in [2.24, 2.45) is 11.3 Å². The normalized spacial score (nSPS) is 31.8. The third-order valence-electron chi connectivity index (χ3n) is 4.54. The molecule has 1 aromatic rings. The van der Waals surface area contributed by atoms with E-state index in [1.807, 2.05) is 0 Å². The van der Waals surface area contributed by atoms with Crippen LogP contribution < -0.4 is 0 Å². The summed E-state index contributed by atoms with van der Waals surface area (Å²) in [7, 11) is 0. The molecule has 2 unspecified atom stereocenters. The molecule has 2 fully saturated rings. The quantitative estimate of drug-likeness (QED) is 0.885. The van der Waals surface area contributed by atoms with Gasteiger partial charge in [0.1, 0.15) is 0 Å². The molecule has 1 aliphatic carbocycles. The molecule has 0 spiro atoms. The second-order valence-electron chi connectivity index (χ2n) is 6.06. The van der Waals surface area contributed by atoms with E-state index in [4.69, 9.17) is 4.74 Å². The molecule has 98 valence electrons. The van der Waals surface area contributed by atoms with Gasteiger partial charge in [0.05, 0.1) is 12.7 Å². The average molecular weight is 246 g/mol. The monoisotopic (exact) mass is 246 g/mol. The maximum absolute atomic E-state index is 9.90. The number of aliphatic hydroxyl groups is 1. The molecule has 0 bridgehead atoms. The van der Waals surface area contributed by atoms with Crippen LogP contribution in [0.2, 0.25) is 0 Å². The second-order valence-corrected chi connectivity index (χ2v) is 6.06. The first-order valence-corrected chi connectivity index (χ1v) is 7.01. The van der Waals surface area contributed by atoms with Gasteiger partial charge in [0, 0.05) is 12.0 Å². The van der Waals surface area contributed by atoms with Gasteiger partial charge in [0.15, 0.2) is 0 Å². The molecule has 2 atom stereocenters. The lowest BCUT2D eigenvalue weighted by molar-refractivity contribution is 0.000586. The molecule has 0 amide bonds. The molecule has 18 heavy (non-hydrogen) atoms. The Morgan fingerprint density at radius 2 is 2.00 bits per heavy atom. The predicted octanol–water partition coefficient (Wildman–Crippen LogP) is 2.72. The fourth-order valence-corrected chi connectivity index (χ4v) is 3.27. The summed E-state index contributed by atoms with van der Waals surface area (Å²) in [5.74, 6) is 0.699. The van der Waals surface area contributed by atoms with Gasteiger partial charge < -0.3 is 9.84 Å². The molecular formula is C16H22O2. The molecule has 2 heteroatoms. The highest BCUT2D eigenvalue weighted by molar-refractivity contribution is 5.23. The topological polar surface area (TPSA) is 29.5 Å². The number of hydrogen-bond donors (Lipinski definition) is 1. The van der Waals surface area contributed by atoms with Crippen LogP contribution in [0, 0.1) is 18.3 Å². The van der Waals surface area contributed by atoms with Gasteiger partial charge in [-0.05, 0) is 44.1 Å². The Labute approximate surface area is 109 Å². The van der Waals surface area contributed by atoms with Crippen LogP contribution >= 0.6 is 0 Å². The molecule has 0 radical (unpaired) electrons. The summed E-state index contributed by atoms with van der Waals surface area (Å²) in [5, 5.41) is 9.90. The minimum atomic E-state index is -0.0313. The summed E-state index contributed by atoms with van der Waals surface area (Å²) < 4.78 is 5.92. The van der Waals surface area contributed by atoms with Gasteiger partial charge in [-0.15, -0.1) is 0 Å². The summed E-state index contributed by atoms with van der Waals surface area (Å²) in [5.41, 5.74) is 2.58. The number of ether oxygens (including phenoxy) is 1. The lowest BCUT2D eigenvalue weighted by Gasteiger charge is -2.32. The highest BCUT2D eigenvalue weighted by Gasteiger charge is 2.50. The van der Waals surface area contributed by atoms with E-state index in [1.54, 1.807) is 0 Å². The maximum Gasteiger partial charge on any atom is 0.0685 e. The predicted molar refractivity (Wildman–Crippen MR) is 71.5 cm³/mol. The molecule has 2 nitrogen and oxygen atoms in total. The number of aliphatic hydroxyl groups excluding tert-OH is 1. The van der Waals surface area contributed by atoms with Crippen LogP contribution in [0.3, 0.4) is 0 Å². The third-order valence-corrected chi connectivity index (χ3v) is 4.54. The first-order chi connectivity index (χ1) is 8.73. The Bertz CT molecular complexity index is 408. The fraction of sp³-hybridized carbons (Fsp3) is 0.625. The number of hydrogen-bond acceptors (Lipinski definition) is 2. The van der Waals surface area contributed by atoms with Gasteiger partial charge in [0.25, 0.3) is 0 Å². The summed E-state index contributed by atoms with van der Waals surface area (Å²) in [6.45, 7) is 3.17. The Balaban J connectivity index is 1.80. The van der Waals surface area contributed by atoms with Crippen molar-refractivity contribution in [1.82, 2.24) is 0 Å². The van der Waals surface area contributed by atoms with Crippen molar-refractivity contribution < 1.29 is 9.84 Å². The van der Waals surface area contributed by atoms with Crippen molar-refractivity contribution in [3.05, 3.63) is 35.4 Å². The lowest BCUT2D eigenvalue weighted by atomic mass is 9.75. The van der Waals surface area contributed by atoms with Crippen LogP contribution in [0.1, 0.15) is 30.4 Å². The number of benzene rings is 1. The van der Waals surface area contributed by atoms with Crippen molar-refractivity contribution in [1.29, 1.82) is 0 Å². The van der Waals surface area contributed by atoms with Crippen LogP contribution in [0.5, 0.6) is 0 Å². The van der Waals surface area contributed by atoms with Gasteiger partial charge in [-0.3, -0.25) is 0 Å². The van der Waals surface area contributed by atoms with E-state index < -0.39 is 0 Å². The first kappa shape index (κ1) is 12.2. The molecule has 1 aliphatic heterocycles. The molecule has 1 aromatic carbocycles. The second kappa shape index (κ2) is 4.67. The summed E-state index contributed by atoms with van der Waals surface area (Å²) in [6.07, 6.45) is 4.79. The number of aryl methyl sites for hydroxylation is 1. The molecule has 1 saturated carbocycles. The van der Waals surface area contributed by atoms with E-state index >= 15 is 0 Å². The highest BCUT2D eigenvalue weighted by atomic mass is 16.5. The number of rotatable bonds is 4. The molecule has 1 N–H and O–H groups in total. The average Bonchev–Trinajstić information content (AvgIpc) is 3.14. The SMILES string of the molecule is Cc1ccc(CC2(CO)CCOC2C2CC2)cc1. The van der Waals surface area contributed by atoms with Gasteiger partial charge in [-0.2, -0.15) is 0 Å². The minimum Gasteiger partial charge on any atom is -0.396 e. The van der Waals surface area contributed by atoms with E-state index in [1.165, 1.54) is 24.0 Å². The Morgan fingerprint density at radius 1 is 1.28 bits per heavy atom. The third kappa shape index (κ3) is 2.19. The first-order valence-electron chi connectivity index (χ1n) is 7.01. The summed E-state index contributed by atoms with van der Waals surface area (Å²) >= 11 is 0. The Kier molecular flexibility index (Phi) is 3.16. The van der Waals surface area contributed by atoms with Crippen LogP contribution in [-0.4, -0.2) is 24.4 Å². The maximum atomic E-state index is 9.90. The largest absolute Gasteiger partial charge is 0.396 e. The van der Waals surface area contributed by atoms with Gasteiger partial charge in [-0.1, -0.05) is 29.8 Å². The molecule has 1 heterocycles. The molecular weight excluding hydrogens is 224 g/mol. The highest BCUT2D eigenvalue weighted by Crippen LogP contribution is 2.49. The Hall–Kier alpha value is -0.860. The molecule has 0 aromatic heterocycles. The molecule has 3 rings (SSSR count). The molecule has 1 saturated heterocycles. The van der Waals surface area contributed by atoms with E-state index in [0.29, 0.717) is 5.92 Å². The van der Waals surface area contributed by atoms with Gasteiger partial charge >= 0.3 is 0 Å². The zero-order chi connectivity index (χ0) is 12.6. The zero-order valence-corrected chi connectivity index (χ0v) is 11.1. The Morgan fingerprint density at radius 3 is 2.61 bits per heavy atom. The van der Waals surface area contributed by atoms with Crippen molar-refractivity contribution in [3.63, 3.8) is 0 Å². The summed E-state index contributed by atoms with van der Waals surface area (Å²) in [4.78, 5) is 0. The van der Waals surface area contributed by atoms with Crippen LogP contribution in [0.15, 0.2) is 24.3 Å². The lowest BCUT2D eigenvalue weighted by Crippen LogP contribution is -2.38. The smallest absolute Gasteiger partial charge is 0.0685 e. The van der Waals surface area contributed by atoms with Gasteiger partial charge in [-0.25, -0.2) is 0 Å². The van der Waals surface area contributed by atoms with E-state index in [-0.39, 0.29) is 18.1 Å². The van der Waals surface area contributed by atoms with Crippen molar-refractivity contribution in [2.45, 2.75) is 38.7 Å². The molecule has 2 aliphatic rings. The van der Waals surface area contributed by atoms with E-state index in [2.05, 4.69) is 31.2 Å². The van der Waals surface area contributed by atoms with Crippen molar-refractivity contribution in [2.75, 3.05) is 13.2 Å². The zero-order valence-electron chi connectivity index (χ0n) is 11.1.